The van der Waals surface area contributed by atoms with Crippen molar-refractivity contribution in [3.05, 3.63) is 45.3 Å². The lowest BCUT2D eigenvalue weighted by Gasteiger charge is -2.16. The van der Waals surface area contributed by atoms with Crippen molar-refractivity contribution >= 4 is 22.5 Å². The Hall–Kier alpha value is -2.86. The summed E-state index contributed by atoms with van der Waals surface area (Å²) in [4.78, 5) is 34.8. The zero-order chi connectivity index (χ0) is 14.8. The van der Waals surface area contributed by atoms with Crippen LogP contribution in [0.3, 0.4) is 0 Å². The molecule has 21 heavy (non-hydrogen) atoms. The van der Waals surface area contributed by atoms with Crippen LogP contribution in [-0.4, -0.2) is 29.0 Å². The number of hydrogen-bond donors (Lipinski definition) is 1. The Labute approximate surface area is 119 Å². The van der Waals surface area contributed by atoms with E-state index in [0.29, 0.717) is 36.1 Å². The van der Waals surface area contributed by atoms with Crippen molar-refractivity contribution in [1.82, 2.24) is 9.97 Å². The lowest BCUT2D eigenvalue weighted by molar-refractivity contribution is -0.117. The fourth-order valence-electron chi connectivity index (χ4n) is 2.53. The normalized spacial score (nSPS) is 18.0. The molecular formula is C13H12N6O2. The van der Waals surface area contributed by atoms with Crippen LogP contribution < -0.4 is 10.5 Å². The highest BCUT2D eigenvalue weighted by atomic mass is 16.2. The number of nitrogens with one attached hydrogen (secondary N) is 1. The van der Waals surface area contributed by atoms with Crippen LogP contribution in [0.4, 0.5) is 5.69 Å². The molecule has 8 heteroatoms. The van der Waals surface area contributed by atoms with Gasteiger partial charge in [-0.15, -0.1) is 0 Å². The van der Waals surface area contributed by atoms with E-state index in [1.807, 2.05) is 0 Å². The summed E-state index contributed by atoms with van der Waals surface area (Å²) in [5.41, 5.74) is 9.35. The molecule has 1 saturated heterocycles. The summed E-state index contributed by atoms with van der Waals surface area (Å²) >= 11 is 0. The number of rotatable bonds is 3. The number of carbonyl (C=O) groups excluding carboxylic acids is 1. The number of benzene rings is 1. The summed E-state index contributed by atoms with van der Waals surface area (Å²) in [5.74, 6) is -0.0240. The predicted octanol–water partition coefficient (Wildman–Crippen LogP) is 1.59. The topological polar surface area (TPSA) is 115 Å². The van der Waals surface area contributed by atoms with Crippen LogP contribution in [0, 0.1) is 5.92 Å². The number of anilines is 1. The average molecular weight is 284 g/mol. The van der Waals surface area contributed by atoms with Crippen LogP contribution in [0.25, 0.3) is 21.3 Å². The number of fused-ring (bicyclic) bond motifs is 1. The number of amides is 1. The molecule has 2 aromatic rings. The van der Waals surface area contributed by atoms with Gasteiger partial charge in [0.1, 0.15) is 0 Å². The molecule has 0 spiro atoms. The third-order valence-corrected chi connectivity index (χ3v) is 3.54. The first-order chi connectivity index (χ1) is 10.2. The predicted molar refractivity (Wildman–Crippen MR) is 76.8 cm³/mol. The summed E-state index contributed by atoms with van der Waals surface area (Å²) < 4.78 is 0. The van der Waals surface area contributed by atoms with E-state index in [0.717, 1.165) is 0 Å². The molecule has 0 radical (unpaired) electrons. The van der Waals surface area contributed by atoms with Gasteiger partial charge in [-0.2, -0.15) is 0 Å². The van der Waals surface area contributed by atoms with Gasteiger partial charge in [-0.05, 0) is 29.6 Å². The Morgan fingerprint density at radius 1 is 1.48 bits per heavy atom. The highest BCUT2D eigenvalue weighted by molar-refractivity contribution is 5.97. The third-order valence-electron chi connectivity index (χ3n) is 3.54. The van der Waals surface area contributed by atoms with Gasteiger partial charge < -0.3 is 9.88 Å². The second-order valence-electron chi connectivity index (χ2n) is 4.92. The standard InChI is InChI=1S/C13H12N6O2/c14-18-17-5-8-3-12(20)19(6-8)9-1-2-11-10(4-9)13(21)16-7-15-11/h1-2,4,7-8H,3,5-6H2,(H,15,16,21). The quantitative estimate of drug-likeness (QED) is 0.524. The number of aromatic nitrogens is 2. The SMILES string of the molecule is [N-]=[N+]=NCC1CC(=O)N(c2ccc3nc[nH]c(=O)c3c2)C1. The van der Waals surface area contributed by atoms with Crippen LogP contribution >= 0.6 is 0 Å². The van der Waals surface area contributed by atoms with Gasteiger partial charge in [0.2, 0.25) is 5.91 Å². The van der Waals surface area contributed by atoms with Crippen LogP contribution in [0.15, 0.2) is 34.4 Å². The molecule has 0 aliphatic carbocycles. The maximum Gasteiger partial charge on any atom is 0.258 e. The fourth-order valence-corrected chi connectivity index (χ4v) is 2.53. The molecule has 0 saturated carbocycles. The molecule has 1 aromatic heterocycles. The summed E-state index contributed by atoms with van der Waals surface area (Å²) in [5, 5.41) is 3.96. The number of hydrogen-bond acceptors (Lipinski definition) is 4. The van der Waals surface area contributed by atoms with Gasteiger partial charge in [0.05, 0.1) is 17.2 Å². The third kappa shape index (κ3) is 2.44. The zero-order valence-corrected chi connectivity index (χ0v) is 11.1. The average Bonchev–Trinajstić information content (AvgIpc) is 2.86. The van der Waals surface area contributed by atoms with Gasteiger partial charge in [-0.25, -0.2) is 4.98 Å². The molecule has 1 atom stereocenters. The Kier molecular flexibility index (Phi) is 3.29. The molecule has 8 nitrogen and oxygen atoms in total. The highest BCUT2D eigenvalue weighted by Crippen LogP contribution is 2.26. The van der Waals surface area contributed by atoms with E-state index in [1.165, 1.54) is 6.33 Å². The Bertz CT molecular complexity index is 808. The summed E-state index contributed by atoms with van der Waals surface area (Å²) in [6, 6.07) is 5.14. The van der Waals surface area contributed by atoms with Crippen molar-refractivity contribution in [2.24, 2.45) is 11.0 Å². The van der Waals surface area contributed by atoms with Crippen LogP contribution in [0.1, 0.15) is 6.42 Å². The second kappa shape index (κ2) is 5.26. The van der Waals surface area contributed by atoms with Gasteiger partial charge in [-0.3, -0.25) is 9.59 Å². The highest BCUT2D eigenvalue weighted by Gasteiger charge is 2.30. The molecule has 0 bridgehead atoms. The Morgan fingerprint density at radius 3 is 3.14 bits per heavy atom. The van der Waals surface area contributed by atoms with E-state index >= 15 is 0 Å². The molecule has 1 aliphatic heterocycles. The van der Waals surface area contributed by atoms with Crippen LogP contribution in [0.5, 0.6) is 0 Å². The molecule has 3 rings (SSSR count). The van der Waals surface area contributed by atoms with E-state index in [4.69, 9.17) is 5.53 Å². The maximum atomic E-state index is 12.1. The van der Waals surface area contributed by atoms with Crippen molar-refractivity contribution in [2.45, 2.75) is 6.42 Å². The number of carbonyl (C=O) groups is 1. The largest absolute Gasteiger partial charge is 0.313 e. The van der Waals surface area contributed by atoms with E-state index < -0.39 is 0 Å². The zero-order valence-electron chi connectivity index (χ0n) is 11.1. The summed E-state index contributed by atoms with van der Waals surface area (Å²) in [6.07, 6.45) is 1.70. The maximum absolute atomic E-state index is 12.1. The first kappa shape index (κ1) is 13.1. The van der Waals surface area contributed by atoms with Gasteiger partial charge in [0, 0.05) is 30.1 Å². The molecule has 1 unspecified atom stereocenters. The lowest BCUT2D eigenvalue weighted by atomic mass is 10.1. The minimum Gasteiger partial charge on any atom is -0.313 e. The molecule has 106 valence electrons. The van der Waals surface area contributed by atoms with E-state index in [2.05, 4.69) is 20.0 Å². The second-order valence-corrected chi connectivity index (χ2v) is 4.92. The lowest BCUT2D eigenvalue weighted by Crippen LogP contribution is -2.25. The molecule has 1 N–H and O–H groups in total. The fraction of sp³-hybridized carbons (Fsp3) is 0.308. The molecule has 1 aromatic carbocycles. The molecule has 1 fully saturated rings. The van der Waals surface area contributed by atoms with Gasteiger partial charge >= 0.3 is 0 Å². The monoisotopic (exact) mass is 284 g/mol. The van der Waals surface area contributed by atoms with E-state index in [9.17, 15) is 9.59 Å². The smallest absolute Gasteiger partial charge is 0.258 e. The van der Waals surface area contributed by atoms with E-state index in [1.54, 1.807) is 23.1 Å². The van der Waals surface area contributed by atoms with Crippen molar-refractivity contribution in [3.8, 4) is 0 Å². The minimum absolute atomic E-state index is 0.0104. The van der Waals surface area contributed by atoms with Gasteiger partial charge in [0.25, 0.3) is 5.56 Å². The Morgan fingerprint density at radius 2 is 2.33 bits per heavy atom. The van der Waals surface area contributed by atoms with Crippen molar-refractivity contribution in [2.75, 3.05) is 18.0 Å². The van der Waals surface area contributed by atoms with Crippen molar-refractivity contribution < 1.29 is 4.79 Å². The Balaban J connectivity index is 1.93. The molecule has 1 aliphatic rings. The first-order valence-corrected chi connectivity index (χ1v) is 6.47. The molecule has 2 heterocycles. The van der Waals surface area contributed by atoms with E-state index in [-0.39, 0.29) is 17.4 Å². The molecular weight excluding hydrogens is 272 g/mol. The number of nitrogens with zero attached hydrogens (tertiary/aromatic N) is 5. The van der Waals surface area contributed by atoms with Crippen molar-refractivity contribution in [3.63, 3.8) is 0 Å². The van der Waals surface area contributed by atoms with Crippen molar-refractivity contribution in [1.29, 1.82) is 0 Å². The minimum atomic E-state index is -0.237. The number of aromatic amines is 1. The van der Waals surface area contributed by atoms with Crippen LogP contribution in [-0.2, 0) is 4.79 Å². The van der Waals surface area contributed by atoms with Crippen LogP contribution in [0.2, 0.25) is 0 Å². The summed E-state index contributed by atoms with van der Waals surface area (Å²) in [7, 11) is 0. The molecule has 1 amide bonds. The number of azide groups is 1. The first-order valence-electron chi connectivity index (χ1n) is 6.47. The number of H-pyrrole nitrogens is 1. The van der Waals surface area contributed by atoms with Gasteiger partial charge in [-0.1, -0.05) is 5.11 Å². The summed E-state index contributed by atoms with van der Waals surface area (Å²) in [6.45, 7) is 0.788. The van der Waals surface area contributed by atoms with Gasteiger partial charge in [0.15, 0.2) is 0 Å².